The first-order valence-electron chi connectivity index (χ1n) is 15.9. The van der Waals surface area contributed by atoms with E-state index in [9.17, 15) is 44.1 Å². The van der Waals surface area contributed by atoms with Gasteiger partial charge in [0.1, 0.15) is 30.2 Å². The van der Waals surface area contributed by atoms with Gasteiger partial charge in [-0.05, 0) is 44.1 Å². The van der Waals surface area contributed by atoms with Gasteiger partial charge in [-0.15, -0.1) is 0 Å². The van der Waals surface area contributed by atoms with Crippen LogP contribution in [0.4, 0.5) is 0 Å². The second kappa shape index (κ2) is 17.7. The number of hydrogen-bond donors (Lipinski definition) is 8. The van der Waals surface area contributed by atoms with Crippen molar-refractivity contribution >= 4 is 35.5 Å². The molecule has 5 amide bonds. The number of nitrogens with one attached hydrogen (secondary N) is 4. The normalized spacial score (nSPS) is 19.1. The second-order valence-corrected chi connectivity index (χ2v) is 12.7. The first kappa shape index (κ1) is 39.1. The first-order chi connectivity index (χ1) is 22.0. The molecule has 8 atom stereocenters. The van der Waals surface area contributed by atoms with Crippen LogP contribution in [0.2, 0.25) is 0 Å². The molecule has 1 fully saturated rings. The van der Waals surface area contributed by atoms with Crippen LogP contribution >= 0.6 is 0 Å². The van der Waals surface area contributed by atoms with Crippen molar-refractivity contribution in [2.75, 3.05) is 6.54 Å². The molecule has 0 aromatic heterocycles. The Labute approximate surface area is 275 Å². The van der Waals surface area contributed by atoms with Crippen LogP contribution in [0.5, 0.6) is 0 Å². The van der Waals surface area contributed by atoms with Gasteiger partial charge in [0, 0.05) is 13.0 Å². The first-order valence-corrected chi connectivity index (χ1v) is 15.9. The summed E-state index contributed by atoms with van der Waals surface area (Å²) in [5, 5.41) is 39.1. The maximum absolute atomic E-state index is 13.9. The molecule has 1 heterocycles. The predicted molar refractivity (Wildman–Crippen MR) is 171 cm³/mol. The highest BCUT2D eigenvalue weighted by Gasteiger charge is 2.40. The largest absolute Gasteiger partial charge is 0.480 e. The third kappa shape index (κ3) is 11.0. The van der Waals surface area contributed by atoms with Gasteiger partial charge in [0.2, 0.25) is 29.5 Å². The SMILES string of the molecule is CC(C)[C@H](NC(=O)[C@@H](NC(=O)[C@@H]1CCCN1C(=O)[C@H](Cc1ccccc1)NC(=O)[C@@H](N)[C@@H](C)O)C(C)C)C(=O)N[C@H](C(=O)O)[C@@H](C)O. The van der Waals surface area contributed by atoms with Crippen LogP contribution in [0.15, 0.2) is 30.3 Å². The number of rotatable bonds is 16. The maximum atomic E-state index is 13.9. The van der Waals surface area contributed by atoms with Crippen LogP contribution in [0.25, 0.3) is 0 Å². The molecule has 2 rings (SSSR count). The Morgan fingerprint density at radius 2 is 1.32 bits per heavy atom. The topological polar surface area (TPSA) is 240 Å². The van der Waals surface area contributed by atoms with E-state index >= 15 is 0 Å². The molecular weight excluding hydrogens is 612 g/mol. The summed E-state index contributed by atoms with van der Waals surface area (Å²) in [5.41, 5.74) is 6.56. The molecule has 1 aliphatic heterocycles. The minimum absolute atomic E-state index is 0.107. The lowest BCUT2D eigenvalue weighted by molar-refractivity contribution is -0.145. The quantitative estimate of drug-likeness (QED) is 0.103. The van der Waals surface area contributed by atoms with Crippen LogP contribution in [0.1, 0.15) is 59.9 Å². The lowest BCUT2D eigenvalue weighted by Crippen LogP contribution is -2.61. The number of benzene rings is 1. The summed E-state index contributed by atoms with van der Waals surface area (Å²) in [6.07, 6.45) is -1.65. The van der Waals surface area contributed by atoms with E-state index in [2.05, 4.69) is 21.3 Å². The molecule has 1 aromatic carbocycles. The van der Waals surface area contributed by atoms with Crippen molar-refractivity contribution in [1.29, 1.82) is 0 Å². The molecule has 0 radical (unpaired) electrons. The number of carbonyl (C=O) groups excluding carboxylic acids is 5. The summed E-state index contributed by atoms with van der Waals surface area (Å²) in [7, 11) is 0. The summed E-state index contributed by atoms with van der Waals surface area (Å²) in [6.45, 7) is 9.47. The standard InChI is InChI=1S/C32H50N6O9/c1-16(2)24(29(43)36-25(17(3)4)30(44)37-26(19(6)40)32(46)47)35-27(41)22-13-10-14-38(22)31(45)21(15-20-11-8-7-9-12-20)34-28(42)23(33)18(5)39/h7-9,11-12,16-19,21-26,39-40H,10,13-15,33H2,1-6H3,(H,34,42)(H,35,41)(H,36,43)(H,37,44)(H,46,47)/t18-,19-,21+,22+,23+,24+,25+,26+/m1/s1. The third-order valence-electron chi connectivity index (χ3n) is 8.10. The zero-order chi connectivity index (χ0) is 35.6. The van der Waals surface area contributed by atoms with Crippen LogP contribution in [-0.4, -0.2) is 111 Å². The third-order valence-corrected chi connectivity index (χ3v) is 8.10. The second-order valence-electron chi connectivity index (χ2n) is 12.7. The number of aliphatic hydroxyl groups is 2. The minimum Gasteiger partial charge on any atom is -0.480 e. The number of aliphatic hydroxyl groups excluding tert-OH is 2. The number of aliphatic carboxylic acids is 1. The van der Waals surface area contributed by atoms with Crippen molar-refractivity contribution in [3.8, 4) is 0 Å². The van der Waals surface area contributed by atoms with Crippen molar-refractivity contribution in [1.82, 2.24) is 26.2 Å². The smallest absolute Gasteiger partial charge is 0.328 e. The average Bonchev–Trinajstić information content (AvgIpc) is 3.49. The van der Waals surface area contributed by atoms with Crippen molar-refractivity contribution in [2.24, 2.45) is 17.6 Å². The Balaban J connectivity index is 2.24. The van der Waals surface area contributed by atoms with E-state index in [1.165, 1.54) is 18.7 Å². The molecular formula is C32H50N6O9. The van der Waals surface area contributed by atoms with Crippen LogP contribution in [0.3, 0.4) is 0 Å². The van der Waals surface area contributed by atoms with E-state index in [1.54, 1.807) is 52.0 Å². The van der Waals surface area contributed by atoms with Crippen LogP contribution < -0.4 is 27.0 Å². The van der Waals surface area contributed by atoms with E-state index < -0.39 is 95.8 Å². The number of carboxylic acid groups (broad SMARTS) is 1. The fourth-order valence-electron chi connectivity index (χ4n) is 5.23. The molecule has 15 nitrogen and oxygen atoms in total. The Hall–Kier alpha value is -4.08. The highest BCUT2D eigenvalue weighted by molar-refractivity contribution is 5.97. The van der Waals surface area contributed by atoms with Gasteiger partial charge >= 0.3 is 5.97 Å². The lowest BCUT2D eigenvalue weighted by Gasteiger charge is -2.32. The summed E-state index contributed by atoms with van der Waals surface area (Å²) >= 11 is 0. The molecule has 47 heavy (non-hydrogen) atoms. The number of nitrogens with zero attached hydrogens (tertiary/aromatic N) is 1. The average molecular weight is 663 g/mol. The molecule has 9 N–H and O–H groups in total. The van der Waals surface area contributed by atoms with Crippen LogP contribution in [-0.2, 0) is 35.2 Å². The number of carboxylic acids is 1. The van der Waals surface area contributed by atoms with Gasteiger partial charge in [-0.2, -0.15) is 0 Å². The monoisotopic (exact) mass is 662 g/mol. The fraction of sp³-hybridized carbons (Fsp3) is 0.625. The number of carbonyl (C=O) groups is 6. The highest BCUT2D eigenvalue weighted by atomic mass is 16.4. The molecule has 1 aliphatic rings. The summed E-state index contributed by atoms with van der Waals surface area (Å²) in [4.78, 5) is 79.5. The number of nitrogens with two attached hydrogens (primary N) is 1. The van der Waals surface area contributed by atoms with Crippen molar-refractivity contribution in [3.63, 3.8) is 0 Å². The molecule has 1 saturated heterocycles. The summed E-state index contributed by atoms with van der Waals surface area (Å²) in [6, 6.07) is 1.75. The Kier molecular flexibility index (Phi) is 14.8. The summed E-state index contributed by atoms with van der Waals surface area (Å²) in [5.74, 6) is -5.72. The fourth-order valence-corrected chi connectivity index (χ4v) is 5.23. The lowest BCUT2D eigenvalue weighted by atomic mass is 9.98. The van der Waals surface area contributed by atoms with E-state index in [0.29, 0.717) is 12.8 Å². The van der Waals surface area contributed by atoms with Gasteiger partial charge in [-0.1, -0.05) is 58.0 Å². The number of hydrogen-bond acceptors (Lipinski definition) is 9. The number of likely N-dealkylation sites (tertiary alicyclic amines) is 1. The molecule has 1 aromatic rings. The van der Waals surface area contributed by atoms with Gasteiger partial charge in [-0.25, -0.2) is 4.79 Å². The zero-order valence-corrected chi connectivity index (χ0v) is 27.8. The molecule has 262 valence electrons. The van der Waals surface area contributed by atoms with Gasteiger partial charge < -0.3 is 47.2 Å². The van der Waals surface area contributed by atoms with Crippen molar-refractivity contribution < 1.29 is 44.1 Å². The van der Waals surface area contributed by atoms with Gasteiger partial charge in [0.25, 0.3) is 0 Å². The highest BCUT2D eigenvalue weighted by Crippen LogP contribution is 2.21. The van der Waals surface area contributed by atoms with Crippen LogP contribution in [0, 0.1) is 11.8 Å². The van der Waals surface area contributed by atoms with Crippen molar-refractivity contribution in [2.45, 2.75) is 109 Å². The Morgan fingerprint density at radius 1 is 0.787 bits per heavy atom. The summed E-state index contributed by atoms with van der Waals surface area (Å²) < 4.78 is 0. The number of amides is 5. The maximum Gasteiger partial charge on any atom is 0.328 e. The van der Waals surface area contributed by atoms with Gasteiger partial charge in [-0.3, -0.25) is 24.0 Å². The van der Waals surface area contributed by atoms with Crippen molar-refractivity contribution in [3.05, 3.63) is 35.9 Å². The Bertz CT molecular complexity index is 1260. The molecule has 0 saturated carbocycles. The predicted octanol–water partition coefficient (Wildman–Crippen LogP) is -1.36. The van der Waals surface area contributed by atoms with Gasteiger partial charge in [0.05, 0.1) is 12.2 Å². The van der Waals surface area contributed by atoms with E-state index in [4.69, 9.17) is 5.73 Å². The van der Waals surface area contributed by atoms with Gasteiger partial charge in [0.15, 0.2) is 6.04 Å². The molecule has 0 spiro atoms. The van der Waals surface area contributed by atoms with E-state index in [-0.39, 0.29) is 13.0 Å². The minimum atomic E-state index is -1.59. The Morgan fingerprint density at radius 3 is 1.81 bits per heavy atom. The molecule has 0 bridgehead atoms. The molecule has 0 unspecified atom stereocenters. The van der Waals surface area contributed by atoms with E-state index in [1.807, 2.05) is 6.07 Å². The molecule has 0 aliphatic carbocycles. The zero-order valence-electron chi connectivity index (χ0n) is 27.8. The van der Waals surface area contributed by atoms with E-state index in [0.717, 1.165) is 5.56 Å². The molecule has 15 heteroatoms.